The van der Waals surface area contributed by atoms with E-state index in [1.165, 1.54) is 0 Å². The van der Waals surface area contributed by atoms with Crippen molar-refractivity contribution in [2.24, 2.45) is 0 Å². The molecule has 27 heavy (non-hydrogen) atoms. The minimum absolute atomic E-state index is 0.0234. The molecule has 0 saturated carbocycles. The van der Waals surface area contributed by atoms with Gasteiger partial charge in [-0.1, -0.05) is 6.92 Å². The summed E-state index contributed by atoms with van der Waals surface area (Å²) in [6.45, 7) is 1.74. The number of carbonyl (C=O) groups excluding carboxylic acids is 3. The van der Waals surface area contributed by atoms with Gasteiger partial charge in [-0.2, -0.15) is 0 Å². The molecule has 0 aliphatic carbocycles. The summed E-state index contributed by atoms with van der Waals surface area (Å²) in [4.78, 5) is 35.4. The molecule has 0 fully saturated rings. The number of anilines is 1. The Kier molecular flexibility index (Phi) is 7.06. The zero-order valence-corrected chi connectivity index (χ0v) is 15.3. The number of hydrogen-bond donors (Lipinski definition) is 1. The minimum Gasteiger partial charge on any atom is -0.325 e. The van der Waals surface area contributed by atoms with Crippen molar-refractivity contribution < 1.29 is 27.4 Å². The number of Topliss-reactive ketones (excluding diaryl/α,β-unsaturated/α-hetero) is 2. The van der Waals surface area contributed by atoms with Crippen LogP contribution in [0.4, 0.5) is 14.5 Å². The predicted molar refractivity (Wildman–Crippen MR) is 98.3 cm³/mol. The first-order valence-corrected chi connectivity index (χ1v) is 9.55. The first kappa shape index (κ1) is 20.6. The van der Waals surface area contributed by atoms with E-state index in [-0.39, 0.29) is 11.3 Å². The second-order valence-electron chi connectivity index (χ2n) is 5.68. The molecule has 0 aromatic heterocycles. The Morgan fingerprint density at radius 3 is 2.11 bits per heavy atom. The van der Waals surface area contributed by atoms with Crippen LogP contribution in [0, 0.1) is 11.6 Å². The highest BCUT2D eigenvalue weighted by Gasteiger charge is 2.16. The summed E-state index contributed by atoms with van der Waals surface area (Å²) in [5, 5.41) is 2.52. The van der Waals surface area contributed by atoms with Crippen LogP contribution in [0.15, 0.2) is 42.5 Å². The molecule has 5 nitrogen and oxygen atoms in total. The second-order valence-corrected chi connectivity index (χ2v) is 7.14. The molecular formula is C19H17F2NO4S. The van der Waals surface area contributed by atoms with Crippen molar-refractivity contribution in [3.63, 3.8) is 0 Å². The number of nitrogens with one attached hydrogen (secondary N) is 1. The molecule has 0 heterocycles. The van der Waals surface area contributed by atoms with E-state index in [0.717, 1.165) is 18.2 Å². The van der Waals surface area contributed by atoms with Crippen LogP contribution in [0.1, 0.15) is 34.1 Å². The third-order valence-corrected chi connectivity index (χ3v) is 4.81. The van der Waals surface area contributed by atoms with Crippen LogP contribution in [-0.4, -0.2) is 33.2 Å². The molecule has 2 aromatic carbocycles. The third kappa shape index (κ3) is 5.89. The fourth-order valence-electron chi connectivity index (χ4n) is 2.24. The molecule has 1 N–H and O–H groups in total. The number of hydrogen-bond acceptors (Lipinski definition) is 4. The zero-order valence-electron chi connectivity index (χ0n) is 14.5. The molecule has 8 heteroatoms. The standard InChI is InChI=1S/C19H17F2NO4S/c1-2-17(23)12-3-6-14(7-4-12)22-19(25)11-27(26)10-18(24)13-5-8-15(20)16(21)9-13/h3-9H,2,10-11H2,1H3,(H,22,25). The monoisotopic (exact) mass is 393 g/mol. The molecule has 2 aromatic rings. The molecule has 0 bridgehead atoms. The Hall–Kier alpha value is -2.74. The molecule has 1 amide bonds. The molecule has 1 atom stereocenters. The van der Waals surface area contributed by atoms with E-state index in [4.69, 9.17) is 0 Å². The lowest BCUT2D eigenvalue weighted by Gasteiger charge is -2.06. The fraction of sp³-hybridized carbons (Fsp3) is 0.211. The molecule has 0 aliphatic rings. The van der Waals surface area contributed by atoms with Crippen LogP contribution in [0.25, 0.3) is 0 Å². The van der Waals surface area contributed by atoms with Crippen molar-refractivity contribution >= 4 is 34.0 Å². The summed E-state index contributed by atoms with van der Waals surface area (Å²) in [6.07, 6.45) is 0.372. The number of benzene rings is 2. The van der Waals surface area contributed by atoms with Crippen LogP contribution >= 0.6 is 0 Å². The summed E-state index contributed by atoms with van der Waals surface area (Å²) < 4.78 is 38.0. The van der Waals surface area contributed by atoms with Gasteiger partial charge in [0.2, 0.25) is 5.91 Å². The highest BCUT2D eigenvalue weighted by Crippen LogP contribution is 2.12. The molecular weight excluding hydrogens is 376 g/mol. The Bertz CT molecular complexity index is 897. The number of halogens is 2. The van der Waals surface area contributed by atoms with Crippen molar-refractivity contribution in [1.82, 2.24) is 0 Å². The maximum atomic E-state index is 13.1. The van der Waals surface area contributed by atoms with Gasteiger partial charge < -0.3 is 5.32 Å². The summed E-state index contributed by atoms with van der Waals surface area (Å²) in [6, 6.07) is 8.89. The van der Waals surface area contributed by atoms with Crippen LogP contribution < -0.4 is 5.32 Å². The van der Waals surface area contributed by atoms with E-state index >= 15 is 0 Å². The Morgan fingerprint density at radius 2 is 1.52 bits per heavy atom. The van der Waals surface area contributed by atoms with Crippen LogP contribution in [0.5, 0.6) is 0 Å². The van der Waals surface area contributed by atoms with E-state index in [1.807, 2.05) is 0 Å². The number of carbonyl (C=O) groups is 3. The van der Waals surface area contributed by atoms with Gasteiger partial charge in [0.25, 0.3) is 0 Å². The molecule has 0 spiro atoms. The van der Waals surface area contributed by atoms with Crippen molar-refractivity contribution in [2.75, 3.05) is 16.8 Å². The van der Waals surface area contributed by atoms with Gasteiger partial charge in [-0.05, 0) is 42.5 Å². The average Bonchev–Trinajstić information content (AvgIpc) is 2.63. The van der Waals surface area contributed by atoms with E-state index in [2.05, 4.69) is 5.32 Å². The van der Waals surface area contributed by atoms with Gasteiger partial charge >= 0.3 is 0 Å². The van der Waals surface area contributed by atoms with Gasteiger partial charge in [-0.3, -0.25) is 18.6 Å². The first-order chi connectivity index (χ1) is 12.8. The van der Waals surface area contributed by atoms with Gasteiger partial charge in [0.15, 0.2) is 23.2 Å². The van der Waals surface area contributed by atoms with Crippen molar-refractivity contribution in [3.05, 3.63) is 65.2 Å². The zero-order chi connectivity index (χ0) is 20.0. The van der Waals surface area contributed by atoms with Gasteiger partial charge in [0, 0.05) is 34.0 Å². The highest BCUT2D eigenvalue weighted by atomic mass is 32.2. The predicted octanol–water partition coefficient (Wildman–Crippen LogP) is 3.13. The number of amides is 1. The summed E-state index contributed by atoms with van der Waals surface area (Å²) in [5.74, 6) is -4.41. The molecule has 2 rings (SSSR count). The van der Waals surface area contributed by atoms with Crippen molar-refractivity contribution in [1.29, 1.82) is 0 Å². The Morgan fingerprint density at radius 1 is 0.889 bits per heavy atom. The Labute approximate surface area is 157 Å². The summed E-state index contributed by atoms with van der Waals surface area (Å²) >= 11 is 0. The topological polar surface area (TPSA) is 80.3 Å². The van der Waals surface area contributed by atoms with E-state index in [1.54, 1.807) is 31.2 Å². The first-order valence-electron chi connectivity index (χ1n) is 8.06. The molecule has 0 saturated heterocycles. The van der Waals surface area contributed by atoms with Crippen LogP contribution in [-0.2, 0) is 15.6 Å². The highest BCUT2D eigenvalue weighted by molar-refractivity contribution is 7.86. The van der Waals surface area contributed by atoms with Gasteiger partial charge in [0.1, 0.15) is 5.75 Å². The Balaban J connectivity index is 1.89. The summed E-state index contributed by atoms with van der Waals surface area (Å²) in [5.41, 5.74) is 0.839. The number of ketones is 2. The second kappa shape index (κ2) is 9.27. The summed E-state index contributed by atoms with van der Waals surface area (Å²) in [7, 11) is -1.81. The van der Waals surface area contributed by atoms with Crippen molar-refractivity contribution in [2.45, 2.75) is 13.3 Å². The van der Waals surface area contributed by atoms with Crippen molar-refractivity contribution in [3.8, 4) is 0 Å². The largest absolute Gasteiger partial charge is 0.325 e. The van der Waals surface area contributed by atoms with Gasteiger partial charge in [-0.15, -0.1) is 0 Å². The molecule has 142 valence electrons. The fourth-order valence-corrected chi connectivity index (χ4v) is 3.16. The third-order valence-electron chi connectivity index (χ3n) is 3.64. The number of rotatable bonds is 8. The van der Waals surface area contributed by atoms with E-state index < -0.39 is 45.6 Å². The average molecular weight is 393 g/mol. The van der Waals surface area contributed by atoms with E-state index in [0.29, 0.717) is 17.7 Å². The molecule has 0 aliphatic heterocycles. The minimum atomic E-state index is -1.81. The van der Waals surface area contributed by atoms with Gasteiger partial charge in [-0.25, -0.2) is 8.78 Å². The molecule has 0 radical (unpaired) electrons. The lowest BCUT2D eigenvalue weighted by Crippen LogP contribution is -2.23. The van der Waals surface area contributed by atoms with Crippen LogP contribution in [0.2, 0.25) is 0 Å². The van der Waals surface area contributed by atoms with E-state index in [9.17, 15) is 27.4 Å². The quantitative estimate of drug-likeness (QED) is 0.699. The maximum absolute atomic E-state index is 13.1. The lowest BCUT2D eigenvalue weighted by atomic mass is 10.1. The normalized spacial score (nSPS) is 11.7. The smallest absolute Gasteiger partial charge is 0.237 e. The molecule has 1 unspecified atom stereocenters. The maximum Gasteiger partial charge on any atom is 0.237 e. The van der Waals surface area contributed by atoms with Crippen LogP contribution in [0.3, 0.4) is 0 Å². The SMILES string of the molecule is CCC(=O)c1ccc(NC(=O)CS(=O)CC(=O)c2ccc(F)c(F)c2)cc1. The van der Waals surface area contributed by atoms with Gasteiger partial charge in [0.05, 0.1) is 5.75 Å². The lowest BCUT2D eigenvalue weighted by molar-refractivity contribution is -0.113.